The first kappa shape index (κ1) is 14.8. The van der Waals surface area contributed by atoms with Crippen LogP contribution >= 0.6 is 0 Å². The maximum Gasteiger partial charge on any atom is 0.341 e. The Balaban J connectivity index is 1.63. The molecule has 0 bridgehead atoms. The third-order valence-corrected chi connectivity index (χ3v) is 3.08. The van der Waals surface area contributed by atoms with E-state index in [4.69, 9.17) is 14.0 Å². The lowest BCUT2D eigenvalue weighted by Gasteiger charge is -1.99. The summed E-state index contributed by atoms with van der Waals surface area (Å²) in [6.07, 6.45) is 3.00. The van der Waals surface area contributed by atoms with Gasteiger partial charge in [-0.3, -0.25) is 4.68 Å². The fraction of sp³-hybridized carbons (Fsp3) is 0.200. The van der Waals surface area contributed by atoms with Gasteiger partial charge in [-0.15, -0.1) is 0 Å². The number of esters is 1. The second-order valence-electron chi connectivity index (χ2n) is 4.72. The molecular formula is C15H14N4O4. The van der Waals surface area contributed by atoms with Crippen molar-refractivity contribution < 1.29 is 18.8 Å². The number of nitrogens with zero attached hydrogens (tertiary/aromatic N) is 4. The zero-order chi connectivity index (χ0) is 16.2. The highest BCUT2D eigenvalue weighted by Crippen LogP contribution is 2.20. The van der Waals surface area contributed by atoms with Gasteiger partial charge in [0.15, 0.2) is 6.61 Å². The summed E-state index contributed by atoms with van der Waals surface area (Å²) in [6, 6.07) is 7.19. The topological polar surface area (TPSA) is 92.3 Å². The summed E-state index contributed by atoms with van der Waals surface area (Å²) in [5.74, 6) is 0.876. The normalized spacial score (nSPS) is 10.5. The minimum Gasteiger partial charge on any atom is -0.497 e. The summed E-state index contributed by atoms with van der Waals surface area (Å²) in [5, 5.41) is 7.70. The quantitative estimate of drug-likeness (QED) is 0.663. The summed E-state index contributed by atoms with van der Waals surface area (Å²) < 4.78 is 16.9. The highest BCUT2D eigenvalue weighted by atomic mass is 16.5. The fourth-order valence-electron chi connectivity index (χ4n) is 1.90. The van der Waals surface area contributed by atoms with E-state index in [2.05, 4.69) is 15.2 Å². The maximum atomic E-state index is 11.8. The minimum atomic E-state index is -0.492. The van der Waals surface area contributed by atoms with Gasteiger partial charge < -0.3 is 14.0 Å². The summed E-state index contributed by atoms with van der Waals surface area (Å²) >= 11 is 0. The monoisotopic (exact) mass is 314 g/mol. The molecule has 0 aliphatic carbocycles. The van der Waals surface area contributed by atoms with Crippen molar-refractivity contribution in [3.63, 3.8) is 0 Å². The molecule has 2 heterocycles. The van der Waals surface area contributed by atoms with Crippen molar-refractivity contribution in [1.82, 2.24) is 19.9 Å². The number of ether oxygens (including phenoxy) is 2. The first-order chi connectivity index (χ1) is 11.2. The number of hydrogen-bond acceptors (Lipinski definition) is 7. The molecule has 0 N–H and O–H groups in total. The number of aryl methyl sites for hydroxylation is 1. The Morgan fingerprint density at radius 2 is 2.09 bits per heavy atom. The molecule has 118 valence electrons. The van der Waals surface area contributed by atoms with Gasteiger partial charge in [0, 0.05) is 18.8 Å². The number of methoxy groups -OCH3 is 1. The first-order valence-electron chi connectivity index (χ1n) is 6.78. The Bertz CT molecular complexity index is 807. The van der Waals surface area contributed by atoms with Crippen molar-refractivity contribution in [2.24, 2.45) is 7.05 Å². The van der Waals surface area contributed by atoms with Crippen molar-refractivity contribution in [2.75, 3.05) is 7.11 Å². The van der Waals surface area contributed by atoms with Crippen LogP contribution in [0.15, 0.2) is 41.2 Å². The van der Waals surface area contributed by atoms with Gasteiger partial charge in [0.1, 0.15) is 5.75 Å². The van der Waals surface area contributed by atoms with Crippen LogP contribution in [-0.4, -0.2) is 33.0 Å². The Hall–Kier alpha value is -3.16. The average molecular weight is 314 g/mol. The van der Waals surface area contributed by atoms with Crippen LogP contribution in [0, 0.1) is 0 Å². The lowest BCUT2D eigenvalue weighted by atomic mass is 10.2. The zero-order valence-corrected chi connectivity index (χ0v) is 12.6. The van der Waals surface area contributed by atoms with Crippen LogP contribution in [-0.2, 0) is 18.4 Å². The van der Waals surface area contributed by atoms with Crippen LogP contribution in [0.25, 0.3) is 11.5 Å². The van der Waals surface area contributed by atoms with Crippen molar-refractivity contribution >= 4 is 5.97 Å². The van der Waals surface area contributed by atoms with E-state index in [0.29, 0.717) is 11.5 Å². The molecule has 8 nitrogen and oxygen atoms in total. The van der Waals surface area contributed by atoms with E-state index in [-0.39, 0.29) is 12.4 Å². The summed E-state index contributed by atoms with van der Waals surface area (Å²) in [5.41, 5.74) is 1.12. The van der Waals surface area contributed by atoms with Gasteiger partial charge >= 0.3 is 5.97 Å². The van der Waals surface area contributed by atoms with Crippen LogP contribution < -0.4 is 4.74 Å². The number of aromatic nitrogens is 4. The van der Waals surface area contributed by atoms with Crippen molar-refractivity contribution in [1.29, 1.82) is 0 Å². The largest absolute Gasteiger partial charge is 0.497 e. The minimum absolute atomic E-state index is 0.0760. The SMILES string of the molecule is COc1ccc(-c2nc(COC(=O)c3cnn(C)c3)no2)cc1. The number of rotatable bonds is 5. The standard InChI is InChI=1S/C15H14N4O4/c1-19-8-11(7-16-19)15(20)22-9-13-17-14(23-18-13)10-3-5-12(21-2)6-4-10/h3-8H,9H2,1-2H3. The van der Waals surface area contributed by atoms with Crippen molar-refractivity contribution in [2.45, 2.75) is 6.61 Å². The molecule has 8 heteroatoms. The zero-order valence-electron chi connectivity index (χ0n) is 12.6. The molecule has 3 rings (SSSR count). The van der Waals surface area contributed by atoms with E-state index in [9.17, 15) is 4.79 Å². The van der Waals surface area contributed by atoms with Crippen LogP contribution in [0.3, 0.4) is 0 Å². The van der Waals surface area contributed by atoms with E-state index in [0.717, 1.165) is 11.3 Å². The second-order valence-corrected chi connectivity index (χ2v) is 4.72. The van der Waals surface area contributed by atoms with Gasteiger partial charge in [-0.2, -0.15) is 10.1 Å². The Morgan fingerprint density at radius 1 is 1.30 bits per heavy atom. The highest BCUT2D eigenvalue weighted by Gasteiger charge is 2.13. The second kappa shape index (κ2) is 6.30. The van der Waals surface area contributed by atoms with Crippen LogP contribution in [0.1, 0.15) is 16.2 Å². The Labute approximate surface area is 131 Å². The van der Waals surface area contributed by atoms with Gasteiger partial charge in [-0.05, 0) is 24.3 Å². The number of benzene rings is 1. The maximum absolute atomic E-state index is 11.8. The van der Waals surface area contributed by atoms with Crippen molar-refractivity contribution in [3.05, 3.63) is 48.0 Å². The van der Waals surface area contributed by atoms with E-state index in [1.165, 1.54) is 10.9 Å². The van der Waals surface area contributed by atoms with E-state index in [1.54, 1.807) is 44.6 Å². The molecular weight excluding hydrogens is 300 g/mol. The Kier molecular flexibility index (Phi) is 4.05. The fourth-order valence-corrected chi connectivity index (χ4v) is 1.90. The predicted octanol–water partition coefficient (Wildman–Crippen LogP) is 1.84. The molecule has 0 saturated heterocycles. The molecule has 0 amide bonds. The molecule has 0 aliphatic heterocycles. The molecule has 1 aromatic carbocycles. The van der Waals surface area contributed by atoms with Crippen LogP contribution in [0.4, 0.5) is 0 Å². The third-order valence-electron chi connectivity index (χ3n) is 3.08. The molecule has 0 unspecified atom stereocenters. The predicted molar refractivity (Wildman–Crippen MR) is 78.6 cm³/mol. The van der Waals surface area contributed by atoms with Crippen LogP contribution in [0.5, 0.6) is 5.75 Å². The molecule has 2 aromatic heterocycles. The lowest BCUT2D eigenvalue weighted by molar-refractivity contribution is 0.0459. The molecule has 3 aromatic rings. The first-order valence-corrected chi connectivity index (χ1v) is 6.78. The number of hydrogen-bond donors (Lipinski definition) is 0. The van der Waals surface area contributed by atoms with Gasteiger partial charge in [0.25, 0.3) is 5.89 Å². The Morgan fingerprint density at radius 3 is 2.74 bits per heavy atom. The molecule has 0 fully saturated rings. The summed E-state index contributed by atoms with van der Waals surface area (Å²) in [4.78, 5) is 16.0. The molecule has 23 heavy (non-hydrogen) atoms. The molecule has 0 atom stereocenters. The molecule has 0 aliphatic rings. The van der Waals surface area contributed by atoms with Crippen molar-refractivity contribution in [3.8, 4) is 17.2 Å². The number of carbonyl (C=O) groups is 1. The highest BCUT2D eigenvalue weighted by molar-refractivity contribution is 5.88. The lowest BCUT2D eigenvalue weighted by Crippen LogP contribution is -2.05. The number of carbonyl (C=O) groups excluding carboxylic acids is 1. The van der Waals surface area contributed by atoms with E-state index in [1.807, 2.05) is 0 Å². The smallest absolute Gasteiger partial charge is 0.341 e. The molecule has 0 radical (unpaired) electrons. The van der Waals surface area contributed by atoms with Crippen LogP contribution in [0.2, 0.25) is 0 Å². The van der Waals surface area contributed by atoms with Gasteiger partial charge in [0.2, 0.25) is 5.82 Å². The van der Waals surface area contributed by atoms with E-state index < -0.39 is 5.97 Å². The summed E-state index contributed by atoms with van der Waals surface area (Å²) in [7, 11) is 3.31. The van der Waals surface area contributed by atoms with Gasteiger partial charge in [-0.25, -0.2) is 4.79 Å². The average Bonchev–Trinajstić information content (AvgIpc) is 3.22. The van der Waals surface area contributed by atoms with Gasteiger partial charge in [0.05, 0.1) is 18.9 Å². The van der Waals surface area contributed by atoms with Gasteiger partial charge in [-0.1, -0.05) is 5.16 Å². The third kappa shape index (κ3) is 3.37. The summed E-state index contributed by atoms with van der Waals surface area (Å²) in [6.45, 7) is -0.0760. The molecule has 0 saturated carbocycles. The van der Waals surface area contributed by atoms with E-state index >= 15 is 0 Å². The molecule has 0 spiro atoms.